The van der Waals surface area contributed by atoms with Gasteiger partial charge in [0.2, 0.25) is 0 Å². The molecule has 0 aliphatic heterocycles. The van der Waals surface area contributed by atoms with E-state index in [0.717, 1.165) is 5.69 Å². The summed E-state index contributed by atoms with van der Waals surface area (Å²) in [5.74, 6) is 0. The molecule has 2 nitrogen and oxygen atoms in total. The monoisotopic (exact) mass is 233 g/mol. The van der Waals surface area contributed by atoms with E-state index in [1.807, 2.05) is 30.3 Å². The van der Waals surface area contributed by atoms with Crippen LogP contribution in [0.2, 0.25) is 0 Å². The third-order valence-corrected chi connectivity index (χ3v) is 1.90. The van der Waals surface area contributed by atoms with Crippen molar-refractivity contribution >= 4 is 5.69 Å². The predicted octanol–water partition coefficient (Wildman–Crippen LogP) is 3.07. The highest BCUT2D eigenvalue weighted by atomic mass is 19.4. The second-order valence-corrected chi connectivity index (χ2v) is 3.48. The highest BCUT2D eigenvalue weighted by molar-refractivity contribution is 5.42. The van der Waals surface area contributed by atoms with Crippen molar-refractivity contribution < 1.29 is 17.9 Å². The molecule has 0 spiro atoms. The molecule has 0 saturated carbocycles. The summed E-state index contributed by atoms with van der Waals surface area (Å²) in [5.41, 5.74) is 0.866. The largest absolute Gasteiger partial charge is 0.411 e. The van der Waals surface area contributed by atoms with Crippen molar-refractivity contribution in [2.24, 2.45) is 0 Å². The molecule has 1 aromatic carbocycles. The maximum Gasteiger partial charge on any atom is 0.411 e. The highest BCUT2D eigenvalue weighted by Gasteiger charge is 2.28. The van der Waals surface area contributed by atoms with Crippen molar-refractivity contribution in [1.82, 2.24) is 0 Å². The summed E-state index contributed by atoms with van der Waals surface area (Å²) in [6.45, 7) is 0.742. The van der Waals surface area contributed by atoms with Crippen LogP contribution in [0.4, 0.5) is 18.9 Å². The molecule has 0 aromatic heterocycles. The zero-order chi connectivity index (χ0) is 12.0. The smallest absolute Gasteiger partial charge is 0.382 e. The molecule has 0 amide bonds. The van der Waals surface area contributed by atoms with E-state index in [0.29, 0.717) is 6.54 Å². The molecule has 90 valence electrons. The van der Waals surface area contributed by atoms with Gasteiger partial charge in [0.15, 0.2) is 0 Å². The van der Waals surface area contributed by atoms with Crippen molar-refractivity contribution in [3.05, 3.63) is 30.3 Å². The number of halogens is 3. The van der Waals surface area contributed by atoms with E-state index in [4.69, 9.17) is 0 Å². The van der Waals surface area contributed by atoms with Crippen LogP contribution in [0, 0.1) is 0 Å². The Bertz CT molecular complexity index is 300. The van der Waals surface area contributed by atoms with Crippen molar-refractivity contribution in [2.75, 3.05) is 18.5 Å². The van der Waals surface area contributed by atoms with Gasteiger partial charge in [-0.3, -0.25) is 0 Å². The third kappa shape index (κ3) is 5.60. The van der Waals surface area contributed by atoms with Gasteiger partial charge in [0.25, 0.3) is 0 Å². The second-order valence-electron chi connectivity index (χ2n) is 3.48. The van der Waals surface area contributed by atoms with Gasteiger partial charge in [-0.2, -0.15) is 13.2 Å². The van der Waals surface area contributed by atoms with Crippen LogP contribution in [0.25, 0.3) is 0 Å². The highest BCUT2D eigenvalue weighted by Crippen LogP contribution is 2.15. The molecule has 0 bridgehead atoms. The Morgan fingerprint density at radius 1 is 1.25 bits per heavy atom. The minimum atomic E-state index is -4.26. The maximum atomic E-state index is 11.8. The molecule has 0 aliphatic carbocycles. The fourth-order valence-electron chi connectivity index (χ4n) is 1.11. The van der Waals surface area contributed by atoms with E-state index in [1.54, 1.807) is 6.92 Å². The molecule has 1 rings (SSSR count). The molecule has 1 N–H and O–H groups in total. The van der Waals surface area contributed by atoms with Crippen LogP contribution < -0.4 is 5.32 Å². The number of nitrogens with one attached hydrogen (secondary N) is 1. The SMILES string of the molecule is CC(CNc1ccccc1)OCC(F)(F)F. The molecular weight excluding hydrogens is 219 g/mol. The minimum absolute atomic E-state index is 0.347. The van der Waals surface area contributed by atoms with Gasteiger partial charge in [-0.1, -0.05) is 18.2 Å². The van der Waals surface area contributed by atoms with Crippen LogP contribution in [-0.4, -0.2) is 25.4 Å². The molecule has 0 saturated heterocycles. The number of rotatable bonds is 5. The average Bonchev–Trinajstić information content (AvgIpc) is 2.24. The van der Waals surface area contributed by atoms with Crippen LogP contribution in [-0.2, 0) is 4.74 Å². The molecule has 1 aromatic rings. The first-order chi connectivity index (χ1) is 7.47. The number of alkyl halides is 3. The van der Waals surface area contributed by atoms with Gasteiger partial charge in [-0.05, 0) is 19.1 Å². The molecule has 5 heteroatoms. The molecule has 16 heavy (non-hydrogen) atoms. The summed E-state index contributed by atoms with van der Waals surface area (Å²) in [6, 6.07) is 9.26. The first kappa shape index (κ1) is 12.8. The van der Waals surface area contributed by atoms with Crippen LogP contribution >= 0.6 is 0 Å². The molecule has 0 fully saturated rings. The lowest BCUT2D eigenvalue weighted by Gasteiger charge is -2.15. The lowest BCUT2D eigenvalue weighted by Crippen LogP contribution is -2.26. The van der Waals surface area contributed by atoms with E-state index in [9.17, 15) is 13.2 Å². The van der Waals surface area contributed by atoms with E-state index >= 15 is 0 Å². The van der Waals surface area contributed by atoms with Crippen molar-refractivity contribution in [3.63, 3.8) is 0 Å². The topological polar surface area (TPSA) is 21.3 Å². The van der Waals surface area contributed by atoms with Gasteiger partial charge < -0.3 is 10.1 Å². The van der Waals surface area contributed by atoms with Crippen LogP contribution in [0.5, 0.6) is 0 Å². The van der Waals surface area contributed by atoms with Crippen molar-refractivity contribution in [3.8, 4) is 0 Å². The fourth-order valence-corrected chi connectivity index (χ4v) is 1.11. The van der Waals surface area contributed by atoms with Crippen molar-refractivity contribution in [1.29, 1.82) is 0 Å². The first-order valence-electron chi connectivity index (χ1n) is 4.94. The van der Waals surface area contributed by atoms with E-state index in [-0.39, 0.29) is 0 Å². The predicted molar refractivity (Wildman–Crippen MR) is 56.4 cm³/mol. The van der Waals surface area contributed by atoms with E-state index < -0.39 is 18.9 Å². The van der Waals surface area contributed by atoms with E-state index in [1.165, 1.54) is 0 Å². The molecule has 1 unspecified atom stereocenters. The Kier molecular flexibility index (Phi) is 4.61. The number of hydrogen-bond acceptors (Lipinski definition) is 2. The average molecular weight is 233 g/mol. The normalized spacial score (nSPS) is 13.5. The quantitative estimate of drug-likeness (QED) is 0.843. The van der Waals surface area contributed by atoms with Gasteiger partial charge in [-0.25, -0.2) is 0 Å². The summed E-state index contributed by atoms with van der Waals surface area (Å²) < 4.78 is 40.1. The Balaban J connectivity index is 2.23. The first-order valence-corrected chi connectivity index (χ1v) is 4.94. The third-order valence-electron chi connectivity index (χ3n) is 1.90. The summed E-state index contributed by atoms with van der Waals surface area (Å²) >= 11 is 0. The van der Waals surface area contributed by atoms with Gasteiger partial charge in [0.05, 0.1) is 6.10 Å². The molecule has 0 aliphatic rings. The fraction of sp³-hybridized carbons (Fsp3) is 0.455. The molecule has 0 heterocycles. The van der Waals surface area contributed by atoms with Gasteiger partial charge in [0.1, 0.15) is 6.61 Å². The van der Waals surface area contributed by atoms with Gasteiger partial charge in [0, 0.05) is 12.2 Å². The number of hydrogen-bond donors (Lipinski definition) is 1. The summed E-state index contributed by atoms with van der Waals surface area (Å²) in [7, 11) is 0. The summed E-state index contributed by atoms with van der Waals surface area (Å²) in [5, 5.41) is 2.99. The zero-order valence-electron chi connectivity index (χ0n) is 8.92. The van der Waals surface area contributed by atoms with Gasteiger partial charge in [-0.15, -0.1) is 0 Å². The molecule has 1 atom stereocenters. The summed E-state index contributed by atoms with van der Waals surface area (Å²) in [4.78, 5) is 0. The zero-order valence-corrected chi connectivity index (χ0v) is 8.92. The lowest BCUT2D eigenvalue weighted by atomic mass is 10.3. The summed E-state index contributed by atoms with van der Waals surface area (Å²) in [6.07, 6.45) is -4.75. The number of para-hydroxylation sites is 1. The number of benzene rings is 1. The van der Waals surface area contributed by atoms with E-state index in [2.05, 4.69) is 10.1 Å². The van der Waals surface area contributed by atoms with Gasteiger partial charge >= 0.3 is 6.18 Å². The Hall–Kier alpha value is -1.23. The van der Waals surface area contributed by atoms with Crippen molar-refractivity contribution in [2.45, 2.75) is 19.2 Å². The molecular formula is C11H14F3NO. The minimum Gasteiger partial charge on any atom is -0.382 e. The Morgan fingerprint density at radius 3 is 2.44 bits per heavy atom. The Morgan fingerprint density at radius 2 is 1.88 bits per heavy atom. The number of ether oxygens (including phenoxy) is 1. The number of anilines is 1. The van der Waals surface area contributed by atoms with Crippen LogP contribution in [0.3, 0.4) is 0 Å². The standard InChI is InChI=1S/C11H14F3NO/c1-9(16-8-11(12,13)14)7-15-10-5-3-2-4-6-10/h2-6,9,15H,7-8H2,1H3. The van der Waals surface area contributed by atoms with Crippen LogP contribution in [0.15, 0.2) is 30.3 Å². The second kappa shape index (κ2) is 5.75. The Labute approximate surface area is 92.4 Å². The lowest BCUT2D eigenvalue weighted by molar-refractivity contribution is -0.182. The maximum absolute atomic E-state index is 11.8. The van der Waals surface area contributed by atoms with Crippen LogP contribution in [0.1, 0.15) is 6.92 Å². The molecule has 0 radical (unpaired) electrons.